The number of halogens is 1. The van der Waals surface area contributed by atoms with Gasteiger partial charge < -0.3 is 9.80 Å². The molecule has 4 rings (SSSR count). The van der Waals surface area contributed by atoms with Gasteiger partial charge in [0.1, 0.15) is 0 Å². The molecule has 33 heavy (non-hydrogen) atoms. The zero-order valence-corrected chi connectivity index (χ0v) is 21.1. The first-order valence-corrected chi connectivity index (χ1v) is 13.4. The molecule has 1 saturated heterocycles. The van der Waals surface area contributed by atoms with Crippen molar-refractivity contribution in [2.24, 2.45) is 0 Å². The van der Waals surface area contributed by atoms with E-state index >= 15 is 0 Å². The van der Waals surface area contributed by atoms with Crippen LogP contribution in [0.5, 0.6) is 0 Å². The number of benzene rings is 2. The summed E-state index contributed by atoms with van der Waals surface area (Å²) >= 11 is 6.34. The molecule has 178 valence electrons. The van der Waals surface area contributed by atoms with Crippen LogP contribution in [-0.4, -0.2) is 62.3 Å². The average Bonchev–Trinajstić information content (AvgIpc) is 2.83. The number of carbonyl (C=O) groups is 1. The van der Waals surface area contributed by atoms with Crippen LogP contribution in [0.1, 0.15) is 49.0 Å². The molecule has 0 radical (unpaired) electrons. The van der Waals surface area contributed by atoms with Crippen LogP contribution < -0.4 is 4.90 Å². The standard InChI is InChI=1S/C25H32ClN3O3S/c1-18(2)27(3)33(31,32)21-10-11-23(26)22(17-21)25(30)28-15-12-20(13-16-28)29-14-6-8-19-7-4-5-9-24(19)29/h4-5,7,9-11,17-18,20H,6,8,12-16H2,1-3H3. The number of hydrogen-bond donors (Lipinski definition) is 0. The Morgan fingerprint density at radius 2 is 1.79 bits per heavy atom. The fraction of sp³-hybridized carbons (Fsp3) is 0.480. The first kappa shape index (κ1) is 24.0. The lowest BCUT2D eigenvalue weighted by Gasteiger charge is -2.42. The maximum absolute atomic E-state index is 13.3. The quantitative estimate of drug-likeness (QED) is 0.623. The van der Waals surface area contributed by atoms with Crippen LogP contribution in [0.3, 0.4) is 0 Å². The number of nitrogens with zero attached hydrogens (tertiary/aromatic N) is 3. The Balaban J connectivity index is 1.49. The molecular formula is C25H32ClN3O3S. The summed E-state index contributed by atoms with van der Waals surface area (Å²) in [6.07, 6.45) is 4.03. The second kappa shape index (κ2) is 9.65. The fourth-order valence-corrected chi connectivity index (χ4v) is 6.36. The Kier molecular flexibility index (Phi) is 7.03. The maximum atomic E-state index is 13.3. The van der Waals surface area contributed by atoms with E-state index in [0.717, 1.165) is 32.2 Å². The Morgan fingerprint density at radius 1 is 1.09 bits per heavy atom. The third-order valence-corrected chi connectivity index (χ3v) is 9.27. The van der Waals surface area contributed by atoms with Crippen LogP contribution in [0.2, 0.25) is 5.02 Å². The molecule has 1 amide bonds. The van der Waals surface area contributed by atoms with Gasteiger partial charge in [-0.3, -0.25) is 4.79 Å². The number of aryl methyl sites for hydroxylation is 1. The highest BCUT2D eigenvalue weighted by atomic mass is 35.5. The van der Waals surface area contributed by atoms with E-state index in [1.807, 2.05) is 13.8 Å². The van der Waals surface area contributed by atoms with Crippen molar-refractivity contribution in [1.29, 1.82) is 0 Å². The van der Waals surface area contributed by atoms with Gasteiger partial charge in [0.25, 0.3) is 5.91 Å². The van der Waals surface area contributed by atoms with Crippen LogP contribution >= 0.6 is 11.6 Å². The predicted molar refractivity (Wildman–Crippen MR) is 133 cm³/mol. The van der Waals surface area contributed by atoms with Gasteiger partial charge in [0.15, 0.2) is 0 Å². The Hall–Kier alpha value is -2.09. The molecule has 0 spiro atoms. The van der Waals surface area contributed by atoms with Gasteiger partial charge in [-0.2, -0.15) is 4.31 Å². The number of rotatable bonds is 5. The molecule has 0 atom stereocenters. The van der Waals surface area contributed by atoms with Gasteiger partial charge in [-0.05, 0) is 69.4 Å². The largest absolute Gasteiger partial charge is 0.368 e. The van der Waals surface area contributed by atoms with E-state index in [4.69, 9.17) is 11.6 Å². The van der Waals surface area contributed by atoms with Crippen molar-refractivity contribution in [2.45, 2.75) is 56.5 Å². The molecule has 0 aromatic heterocycles. The van der Waals surface area contributed by atoms with Crippen molar-refractivity contribution in [2.75, 3.05) is 31.6 Å². The van der Waals surface area contributed by atoms with Crippen LogP contribution in [0, 0.1) is 0 Å². The van der Waals surface area contributed by atoms with Crippen LogP contribution in [0.4, 0.5) is 5.69 Å². The van der Waals surface area contributed by atoms with Gasteiger partial charge in [-0.15, -0.1) is 0 Å². The van der Waals surface area contributed by atoms with Gasteiger partial charge in [0.2, 0.25) is 10.0 Å². The normalized spacial score (nSPS) is 17.5. The summed E-state index contributed by atoms with van der Waals surface area (Å²) in [4.78, 5) is 17.7. The number of para-hydroxylation sites is 1. The summed E-state index contributed by atoms with van der Waals surface area (Å²) in [5.74, 6) is -0.207. The van der Waals surface area contributed by atoms with Crippen molar-refractivity contribution < 1.29 is 13.2 Å². The summed E-state index contributed by atoms with van der Waals surface area (Å²) in [5.41, 5.74) is 2.97. The lowest BCUT2D eigenvalue weighted by atomic mass is 9.95. The summed E-state index contributed by atoms with van der Waals surface area (Å²) in [7, 11) is -2.15. The third-order valence-electron chi connectivity index (χ3n) is 6.91. The fourth-order valence-electron chi connectivity index (χ4n) is 4.77. The molecule has 0 N–H and O–H groups in total. The molecule has 1 fully saturated rings. The Bertz CT molecular complexity index is 1130. The molecule has 2 aromatic carbocycles. The molecule has 2 heterocycles. The second-order valence-electron chi connectivity index (χ2n) is 9.21. The van der Waals surface area contributed by atoms with Crippen molar-refractivity contribution in [3.63, 3.8) is 0 Å². The lowest BCUT2D eigenvalue weighted by molar-refractivity contribution is 0.0712. The van der Waals surface area contributed by atoms with Crippen molar-refractivity contribution in [3.8, 4) is 0 Å². The van der Waals surface area contributed by atoms with Gasteiger partial charge >= 0.3 is 0 Å². The smallest absolute Gasteiger partial charge is 0.255 e. The number of fused-ring (bicyclic) bond motifs is 1. The van der Waals surface area contributed by atoms with Crippen molar-refractivity contribution >= 4 is 33.2 Å². The number of piperidine rings is 1. The number of likely N-dealkylation sites (tertiary alicyclic amines) is 1. The van der Waals surface area contributed by atoms with Gasteiger partial charge in [-0.25, -0.2) is 8.42 Å². The summed E-state index contributed by atoms with van der Waals surface area (Å²) in [5, 5.41) is 0.276. The molecule has 2 aliphatic heterocycles. The molecule has 2 aromatic rings. The first-order chi connectivity index (χ1) is 15.7. The minimum atomic E-state index is -3.70. The SMILES string of the molecule is CC(C)N(C)S(=O)(=O)c1ccc(Cl)c(C(=O)N2CCC(N3CCCc4ccccc43)CC2)c1. The van der Waals surface area contributed by atoms with E-state index in [0.29, 0.717) is 19.1 Å². The monoisotopic (exact) mass is 489 g/mol. The predicted octanol–water partition coefficient (Wildman–Crippen LogP) is 4.43. The minimum Gasteiger partial charge on any atom is -0.368 e. The highest BCUT2D eigenvalue weighted by Crippen LogP contribution is 2.32. The highest BCUT2D eigenvalue weighted by molar-refractivity contribution is 7.89. The van der Waals surface area contributed by atoms with Crippen LogP contribution in [0.15, 0.2) is 47.4 Å². The third kappa shape index (κ3) is 4.77. The molecular weight excluding hydrogens is 458 g/mol. The van der Waals surface area contributed by atoms with Crippen molar-refractivity contribution in [3.05, 3.63) is 58.6 Å². The van der Waals surface area contributed by atoms with Crippen LogP contribution in [0.25, 0.3) is 0 Å². The summed E-state index contributed by atoms with van der Waals surface area (Å²) in [6, 6.07) is 13.2. The van der Waals surface area contributed by atoms with E-state index in [-0.39, 0.29) is 27.4 Å². The average molecular weight is 490 g/mol. The molecule has 8 heteroatoms. The van der Waals surface area contributed by atoms with E-state index < -0.39 is 10.0 Å². The zero-order valence-electron chi connectivity index (χ0n) is 19.5. The van der Waals surface area contributed by atoms with Crippen molar-refractivity contribution in [1.82, 2.24) is 9.21 Å². The molecule has 0 bridgehead atoms. The number of hydrogen-bond acceptors (Lipinski definition) is 4. The first-order valence-electron chi connectivity index (χ1n) is 11.6. The maximum Gasteiger partial charge on any atom is 0.255 e. The van der Waals surface area contributed by atoms with Gasteiger partial charge in [-0.1, -0.05) is 29.8 Å². The summed E-state index contributed by atoms with van der Waals surface area (Å²) in [6.45, 7) is 5.92. The van der Waals surface area contributed by atoms with E-state index in [2.05, 4.69) is 29.2 Å². The number of carbonyl (C=O) groups excluding carboxylic acids is 1. The zero-order chi connectivity index (χ0) is 23.8. The number of sulfonamides is 1. The second-order valence-corrected chi connectivity index (χ2v) is 11.6. The molecule has 2 aliphatic rings. The molecule has 6 nitrogen and oxygen atoms in total. The number of amides is 1. The Morgan fingerprint density at radius 3 is 2.48 bits per heavy atom. The molecule has 0 saturated carbocycles. The van der Waals surface area contributed by atoms with E-state index in [1.54, 1.807) is 11.9 Å². The van der Waals surface area contributed by atoms with Crippen LogP contribution in [-0.2, 0) is 16.4 Å². The van der Waals surface area contributed by atoms with Gasteiger partial charge in [0.05, 0.1) is 15.5 Å². The molecule has 0 unspecified atom stereocenters. The molecule has 0 aliphatic carbocycles. The summed E-state index contributed by atoms with van der Waals surface area (Å²) < 4.78 is 27.1. The highest BCUT2D eigenvalue weighted by Gasteiger charge is 2.31. The topological polar surface area (TPSA) is 60.9 Å². The van der Waals surface area contributed by atoms with E-state index in [1.165, 1.54) is 33.8 Å². The minimum absolute atomic E-state index is 0.0891. The number of anilines is 1. The van der Waals surface area contributed by atoms with E-state index in [9.17, 15) is 13.2 Å². The lowest BCUT2D eigenvalue weighted by Crippen LogP contribution is -2.48. The Labute approximate surface area is 202 Å². The van der Waals surface area contributed by atoms with Gasteiger partial charge in [0, 0.05) is 44.5 Å².